The summed E-state index contributed by atoms with van der Waals surface area (Å²) in [5.41, 5.74) is -0.342. The number of ether oxygens (including phenoxy) is 2. The van der Waals surface area contributed by atoms with Crippen molar-refractivity contribution in [1.29, 1.82) is 0 Å². The van der Waals surface area contributed by atoms with Crippen LogP contribution in [0.25, 0.3) is 0 Å². The summed E-state index contributed by atoms with van der Waals surface area (Å²) < 4.78 is 12.2. The van der Waals surface area contributed by atoms with Crippen LogP contribution in [-0.4, -0.2) is 24.8 Å². The highest BCUT2D eigenvalue weighted by Crippen LogP contribution is 2.63. The van der Waals surface area contributed by atoms with Gasteiger partial charge in [0.1, 0.15) is 5.78 Å². The molecule has 0 aromatic heterocycles. The first-order valence-corrected chi connectivity index (χ1v) is 7.91. The fraction of sp³-hybridized carbons (Fsp3) is 0.824. The second-order valence-electron chi connectivity index (χ2n) is 7.15. The smallest absolute Gasteiger partial charge is 0.174 e. The fourth-order valence-electron chi connectivity index (χ4n) is 5.13. The van der Waals surface area contributed by atoms with Crippen molar-refractivity contribution < 1.29 is 14.3 Å². The molecule has 1 saturated heterocycles. The van der Waals surface area contributed by atoms with Crippen LogP contribution in [-0.2, 0) is 14.3 Å². The molecule has 0 aromatic carbocycles. The van der Waals surface area contributed by atoms with E-state index in [1.54, 1.807) is 0 Å². The van der Waals surface area contributed by atoms with E-state index in [-0.39, 0.29) is 10.8 Å². The van der Waals surface area contributed by atoms with E-state index in [1.165, 1.54) is 0 Å². The topological polar surface area (TPSA) is 35.5 Å². The van der Waals surface area contributed by atoms with E-state index in [0.717, 1.165) is 32.1 Å². The summed E-state index contributed by atoms with van der Waals surface area (Å²) in [5, 5.41) is 0. The molecule has 3 fully saturated rings. The molecule has 0 aromatic rings. The predicted molar refractivity (Wildman–Crippen MR) is 77.2 cm³/mol. The van der Waals surface area contributed by atoms with Gasteiger partial charge in [0.05, 0.1) is 13.2 Å². The molecule has 2 aliphatic carbocycles. The summed E-state index contributed by atoms with van der Waals surface area (Å²) >= 11 is 0. The highest BCUT2D eigenvalue weighted by molar-refractivity contribution is 5.86. The Morgan fingerprint density at radius 2 is 2.00 bits per heavy atom. The molecule has 20 heavy (non-hydrogen) atoms. The van der Waals surface area contributed by atoms with Crippen molar-refractivity contribution in [2.24, 2.45) is 16.7 Å². The number of carbonyl (C=O) groups excluding carboxylic acids is 1. The van der Waals surface area contributed by atoms with Crippen molar-refractivity contribution in [3.8, 4) is 0 Å². The van der Waals surface area contributed by atoms with Crippen LogP contribution in [0.3, 0.4) is 0 Å². The van der Waals surface area contributed by atoms with E-state index in [2.05, 4.69) is 20.4 Å². The third-order valence-electron chi connectivity index (χ3n) is 6.24. The normalized spacial score (nSPS) is 43.5. The number of hydrogen-bond donors (Lipinski definition) is 0. The maximum Gasteiger partial charge on any atom is 0.174 e. The fourth-order valence-corrected chi connectivity index (χ4v) is 5.13. The van der Waals surface area contributed by atoms with Gasteiger partial charge in [0.2, 0.25) is 0 Å². The van der Waals surface area contributed by atoms with Crippen LogP contribution in [0.15, 0.2) is 12.7 Å². The second kappa shape index (κ2) is 4.67. The van der Waals surface area contributed by atoms with Gasteiger partial charge in [-0.1, -0.05) is 19.9 Å². The summed E-state index contributed by atoms with van der Waals surface area (Å²) in [7, 11) is 0. The Kier molecular flexibility index (Phi) is 3.33. The molecule has 3 atom stereocenters. The van der Waals surface area contributed by atoms with Gasteiger partial charge < -0.3 is 9.47 Å². The van der Waals surface area contributed by atoms with E-state index in [9.17, 15) is 4.79 Å². The quantitative estimate of drug-likeness (QED) is 0.725. The predicted octanol–water partition coefficient (Wildman–Crippen LogP) is 3.48. The first kappa shape index (κ1) is 14.3. The average Bonchev–Trinajstić information content (AvgIpc) is 2.88. The van der Waals surface area contributed by atoms with E-state index in [0.29, 0.717) is 31.3 Å². The number of ketones is 1. The van der Waals surface area contributed by atoms with Gasteiger partial charge in [0.25, 0.3) is 0 Å². The van der Waals surface area contributed by atoms with E-state index in [1.807, 2.05) is 6.08 Å². The number of allylic oxidation sites excluding steroid dienone is 1. The largest absolute Gasteiger partial charge is 0.347 e. The van der Waals surface area contributed by atoms with Gasteiger partial charge in [-0.15, -0.1) is 6.58 Å². The Balaban J connectivity index is 2.02. The van der Waals surface area contributed by atoms with Crippen molar-refractivity contribution in [1.82, 2.24) is 0 Å². The summed E-state index contributed by atoms with van der Waals surface area (Å²) in [6, 6.07) is 0. The van der Waals surface area contributed by atoms with Gasteiger partial charge in [0.15, 0.2) is 5.79 Å². The van der Waals surface area contributed by atoms with Crippen molar-refractivity contribution in [2.45, 2.75) is 58.2 Å². The Hall–Kier alpha value is -0.670. The molecule has 1 heterocycles. The molecule has 3 rings (SSSR count). The number of carbonyl (C=O) groups is 1. The second-order valence-corrected chi connectivity index (χ2v) is 7.15. The highest BCUT2D eigenvalue weighted by atomic mass is 16.7. The maximum absolute atomic E-state index is 12.6. The van der Waals surface area contributed by atoms with Gasteiger partial charge in [-0.05, 0) is 31.6 Å². The van der Waals surface area contributed by atoms with Gasteiger partial charge in [0, 0.05) is 23.7 Å². The van der Waals surface area contributed by atoms with Gasteiger partial charge >= 0.3 is 0 Å². The van der Waals surface area contributed by atoms with Gasteiger partial charge in [-0.2, -0.15) is 0 Å². The molecule has 3 heteroatoms. The van der Waals surface area contributed by atoms with Crippen molar-refractivity contribution in [2.75, 3.05) is 13.2 Å². The molecule has 1 unspecified atom stereocenters. The molecule has 0 N–H and O–H groups in total. The average molecular weight is 278 g/mol. The lowest BCUT2D eigenvalue weighted by atomic mass is 9.48. The van der Waals surface area contributed by atoms with E-state index in [4.69, 9.17) is 9.47 Å². The monoisotopic (exact) mass is 278 g/mol. The number of rotatable bonds is 2. The zero-order valence-corrected chi connectivity index (χ0v) is 12.7. The van der Waals surface area contributed by atoms with Crippen LogP contribution in [0, 0.1) is 16.7 Å². The lowest BCUT2D eigenvalue weighted by Gasteiger charge is -2.60. The van der Waals surface area contributed by atoms with Crippen molar-refractivity contribution in [3.63, 3.8) is 0 Å². The Morgan fingerprint density at radius 1 is 1.30 bits per heavy atom. The van der Waals surface area contributed by atoms with Crippen LogP contribution in [0.4, 0.5) is 0 Å². The van der Waals surface area contributed by atoms with Crippen LogP contribution < -0.4 is 0 Å². The zero-order chi connectivity index (χ0) is 14.4. The molecule has 3 aliphatic rings. The van der Waals surface area contributed by atoms with Crippen molar-refractivity contribution in [3.05, 3.63) is 12.7 Å². The SMILES string of the molecule is C=CC[C@]1(C)C(=O)CC[C@@]2(C)C1CCCC21OCCO1. The zero-order valence-electron chi connectivity index (χ0n) is 12.7. The summed E-state index contributed by atoms with van der Waals surface area (Å²) in [6.07, 6.45) is 7.36. The van der Waals surface area contributed by atoms with Crippen LogP contribution in [0.2, 0.25) is 0 Å². The molecular weight excluding hydrogens is 252 g/mol. The molecule has 112 valence electrons. The third kappa shape index (κ3) is 1.69. The Labute approximate surface area is 121 Å². The van der Waals surface area contributed by atoms with Crippen molar-refractivity contribution >= 4 is 5.78 Å². The van der Waals surface area contributed by atoms with Gasteiger partial charge in [-0.25, -0.2) is 0 Å². The molecule has 2 saturated carbocycles. The summed E-state index contributed by atoms with van der Waals surface area (Å²) in [4.78, 5) is 12.6. The molecule has 0 bridgehead atoms. The molecule has 1 spiro atoms. The van der Waals surface area contributed by atoms with Crippen LogP contribution >= 0.6 is 0 Å². The highest BCUT2D eigenvalue weighted by Gasteiger charge is 2.65. The number of fused-ring (bicyclic) bond motifs is 2. The first-order valence-electron chi connectivity index (χ1n) is 7.91. The molecular formula is C17H26O3. The number of hydrogen-bond acceptors (Lipinski definition) is 3. The Morgan fingerprint density at radius 3 is 2.65 bits per heavy atom. The minimum absolute atomic E-state index is 0.0482. The van der Waals surface area contributed by atoms with Crippen LogP contribution in [0.1, 0.15) is 52.4 Å². The lowest BCUT2D eigenvalue weighted by Crippen LogP contribution is -2.62. The number of Topliss-reactive ketones (excluding diaryl/α,β-unsaturated/α-hetero) is 1. The first-order chi connectivity index (χ1) is 9.48. The standard InChI is InChI=1S/C17H26O3/c1-4-8-15(2)13-6-5-9-17(19-11-12-20-17)16(13,3)10-7-14(15)18/h4,13H,1,5-12H2,2-3H3/t13?,15-,16-/m0/s1. The summed E-state index contributed by atoms with van der Waals surface area (Å²) in [5.74, 6) is 0.287. The van der Waals surface area contributed by atoms with E-state index >= 15 is 0 Å². The Bertz CT molecular complexity index is 424. The lowest BCUT2D eigenvalue weighted by molar-refractivity contribution is -0.286. The third-order valence-corrected chi connectivity index (χ3v) is 6.24. The minimum atomic E-state index is -0.445. The molecule has 0 amide bonds. The molecule has 0 radical (unpaired) electrons. The molecule has 3 nitrogen and oxygen atoms in total. The minimum Gasteiger partial charge on any atom is -0.347 e. The summed E-state index contributed by atoms with van der Waals surface area (Å²) in [6.45, 7) is 9.67. The van der Waals surface area contributed by atoms with Crippen LogP contribution in [0.5, 0.6) is 0 Å². The van der Waals surface area contributed by atoms with Gasteiger partial charge in [-0.3, -0.25) is 4.79 Å². The molecule has 1 aliphatic heterocycles. The maximum atomic E-state index is 12.6. The van der Waals surface area contributed by atoms with E-state index < -0.39 is 5.79 Å².